The molecule has 0 atom stereocenters. The first-order valence-electron chi connectivity index (χ1n) is 11.4. The molecule has 0 radical (unpaired) electrons. The van der Waals surface area contributed by atoms with Crippen LogP contribution in [0.3, 0.4) is 0 Å². The van der Waals surface area contributed by atoms with Crippen molar-refractivity contribution in [3.05, 3.63) is 130 Å². The molecule has 0 aliphatic carbocycles. The second-order valence-corrected chi connectivity index (χ2v) is 8.47. The number of hydrogen-bond acceptors (Lipinski definition) is 5. The fourth-order valence-electron chi connectivity index (χ4n) is 4.34. The van der Waals surface area contributed by atoms with E-state index in [4.69, 9.17) is 9.47 Å². The van der Waals surface area contributed by atoms with E-state index in [1.165, 1.54) is 0 Å². The second kappa shape index (κ2) is 8.64. The fraction of sp³-hybridized carbons (Fsp3) is 0. The molecule has 2 heterocycles. The summed E-state index contributed by atoms with van der Waals surface area (Å²) in [7, 11) is 0. The topological polar surface area (TPSA) is 69.7 Å². The molecule has 5 heteroatoms. The van der Waals surface area contributed by atoms with Crippen LogP contribution in [0.25, 0.3) is 23.3 Å². The van der Waals surface area contributed by atoms with Crippen LogP contribution >= 0.6 is 0 Å². The quantitative estimate of drug-likeness (QED) is 0.162. The van der Waals surface area contributed by atoms with Gasteiger partial charge in [-0.05, 0) is 59.7 Å². The average Bonchev–Trinajstić information content (AvgIpc) is 3.39. The molecule has 5 nitrogen and oxygen atoms in total. The first-order chi connectivity index (χ1) is 17.6. The van der Waals surface area contributed by atoms with Gasteiger partial charge in [0.1, 0.15) is 11.5 Å². The normalized spacial score (nSPS) is 16.0. The highest BCUT2D eigenvalue weighted by molar-refractivity contribution is 6.27. The maximum Gasteiger partial charge on any atom is 0.344 e. The van der Waals surface area contributed by atoms with Crippen LogP contribution in [-0.2, 0) is 9.59 Å². The van der Waals surface area contributed by atoms with Gasteiger partial charge in [0.2, 0.25) is 0 Å². The molecule has 0 fully saturated rings. The Morgan fingerprint density at radius 3 is 1.39 bits per heavy atom. The minimum absolute atomic E-state index is 0.238. The summed E-state index contributed by atoms with van der Waals surface area (Å²) in [6.07, 6.45) is 3.50. The molecule has 4 aromatic rings. The van der Waals surface area contributed by atoms with E-state index < -0.39 is 11.9 Å². The number of rotatable bonds is 4. The highest BCUT2D eigenvalue weighted by atomic mass is 16.5. The van der Waals surface area contributed by atoms with E-state index in [9.17, 15) is 14.4 Å². The van der Waals surface area contributed by atoms with Crippen LogP contribution in [0.2, 0.25) is 0 Å². The van der Waals surface area contributed by atoms with Gasteiger partial charge in [0, 0.05) is 22.3 Å². The van der Waals surface area contributed by atoms with Gasteiger partial charge < -0.3 is 9.47 Å². The molecule has 6 rings (SSSR count). The number of fused-ring (bicyclic) bond motifs is 2. The highest BCUT2D eigenvalue weighted by Crippen LogP contribution is 2.38. The Balaban J connectivity index is 1.36. The lowest BCUT2D eigenvalue weighted by Crippen LogP contribution is -2.02. The Morgan fingerprint density at radius 1 is 0.556 bits per heavy atom. The van der Waals surface area contributed by atoms with Crippen LogP contribution in [0.5, 0.6) is 11.5 Å². The average molecular weight is 470 g/mol. The standard InChI is InChI=1S/C31H18O5/c32-29(21-11-13-27-23(17-21)25(30(33)35-27)15-19-7-3-1-4-8-19)22-12-14-28-24(18-22)26(31(34)36-28)16-20-9-5-2-6-10-20/h1-18H. The molecule has 2 aliphatic rings. The van der Waals surface area contributed by atoms with Gasteiger partial charge in [-0.25, -0.2) is 9.59 Å². The Morgan fingerprint density at radius 2 is 0.972 bits per heavy atom. The van der Waals surface area contributed by atoms with Crippen molar-refractivity contribution in [2.45, 2.75) is 0 Å². The molecule has 36 heavy (non-hydrogen) atoms. The molecule has 0 unspecified atom stereocenters. The maximum absolute atomic E-state index is 13.4. The smallest absolute Gasteiger partial charge is 0.344 e. The number of benzene rings is 4. The number of ether oxygens (including phenoxy) is 2. The molecular weight excluding hydrogens is 452 g/mol. The SMILES string of the molecule is O=C1Oc2ccc(C(=O)c3ccc4c(c3)C(=Cc3ccccc3)C(=O)O4)cc2C1=Cc1ccccc1. The molecular formula is C31H18O5. The Labute approximate surface area is 206 Å². The summed E-state index contributed by atoms with van der Waals surface area (Å²) in [5.74, 6) is -0.318. The van der Waals surface area contributed by atoms with Gasteiger partial charge in [0.15, 0.2) is 5.78 Å². The second-order valence-electron chi connectivity index (χ2n) is 8.47. The summed E-state index contributed by atoms with van der Waals surface area (Å²) >= 11 is 0. The fourth-order valence-corrected chi connectivity index (χ4v) is 4.34. The predicted octanol–water partition coefficient (Wildman–Crippen LogP) is 5.84. The third kappa shape index (κ3) is 3.83. The zero-order chi connectivity index (χ0) is 24.6. The van der Waals surface area contributed by atoms with Crippen LogP contribution in [-0.4, -0.2) is 17.7 Å². The van der Waals surface area contributed by atoms with E-state index in [1.807, 2.05) is 60.7 Å². The van der Waals surface area contributed by atoms with Gasteiger partial charge in [-0.3, -0.25) is 4.79 Å². The Kier molecular flexibility index (Phi) is 5.16. The van der Waals surface area contributed by atoms with Crippen LogP contribution in [0.15, 0.2) is 97.1 Å². The first-order valence-corrected chi connectivity index (χ1v) is 11.4. The zero-order valence-corrected chi connectivity index (χ0v) is 18.9. The number of carbonyl (C=O) groups is 3. The van der Waals surface area contributed by atoms with Gasteiger partial charge in [0.05, 0.1) is 11.1 Å². The largest absolute Gasteiger partial charge is 0.422 e. The monoisotopic (exact) mass is 470 g/mol. The Hall–Kier alpha value is -5.03. The molecule has 0 saturated carbocycles. The summed E-state index contributed by atoms with van der Waals surface area (Å²) in [5.41, 5.74) is 4.46. The summed E-state index contributed by atoms with van der Waals surface area (Å²) in [6.45, 7) is 0. The van der Waals surface area contributed by atoms with Crippen LogP contribution in [0.1, 0.15) is 38.2 Å². The van der Waals surface area contributed by atoms with Crippen molar-refractivity contribution >= 4 is 41.0 Å². The summed E-state index contributed by atoms with van der Waals surface area (Å²) < 4.78 is 10.8. The third-order valence-corrected chi connectivity index (χ3v) is 6.13. The van der Waals surface area contributed by atoms with E-state index in [-0.39, 0.29) is 5.78 Å². The van der Waals surface area contributed by atoms with Gasteiger partial charge in [-0.2, -0.15) is 0 Å². The maximum atomic E-state index is 13.4. The van der Waals surface area contributed by atoms with Crippen molar-refractivity contribution in [2.24, 2.45) is 0 Å². The van der Waals surface area contributed by atoms with Crippen molar-refractivity contribution in [3.63, 3.8) is 0 Å². The molecule has 0 saturated heterocycles. The summed E-state index contributed by atoms with van der Waals surface area (Å²) in [4.78, 5) is 38.5. The molecule has 4 aromatic carbocycles. The summed E-state index contributed by atoms with van der Waals surface area (Å²) in [6, 6.07) is 28.8. The molecule has 172 valence electrons. The van der Waals surface area contributed by atoms with E-state index in [2.05, 4.69) is 0 Å². The molecule has 0 spiro atoms. The molecule has 0 N–H and O–H groups in total. The molecule has 0 amide bonds. The van der Waals surface area contributed by atoms with Crippen LogP contribution in [0.4, 0.5) is 0 Å². The van der Waals surface area contributed by atoms with Crippen molar-refractivity contribution in [2.75, 3.05) is 0 Å². The van der Waals surface area contributed by atoms with Crippen molar-refractivity contribution in [1.82, 2.24) is 0 Å². The van der Waals surface area contributed by atoms with E-state index >= 15 is 0 Å². The molecule has 2 aliphatic heterocycles. The Bertz CT molecular complexity index is 1490. The number of hydrogen-bond donors (Lipinski definition) is 0. The summed E-state index contributed by atoms with van der Waals surface area (Å²) in [5, 5.41) is 0. The first kappa shape index (κ1) is 21.5. The van der Waals surface area contributed by atoms with Crippen molar-refractivity contribution in [1.29, 1.82) is 0 Å². The lowest BCUT2D eigenvalue weighted by atomic mass is 9.95. The third-order valence-electron chi connectivity index (χ3n) is 6.13. The van der Waals surface area contributed by atoms with Crippen LogP contribution < -0.4 is 9.47 Å². The zero-order valence-electron chi connectivity index (χ0n) is 18.9. The van der Waals surface area contributed by atoms with Crippen molar-refractivity contribution < 1.29 is 23.9 Å². The number of ketones is 1. The van der Waals surface area contributed by atoms with Gasteiger partial charge >= 0.3 is 11.9 Å². The van der Waals surface area contributed by atoms with Gasteiger partial charge in [0.25, 0.3) is 0 Å². The molecule has 0 bridgehead atoms. The van der Waals surface area contributed by atoms with Crippen molar-refractivity contribution in [3.8, 4) is 11.5 Å². The highest BCUT2D eigenvalue weighted by Gasteiger charge is 2.30. The lowest BCUT2D eigenvalue weighted by Gasteiger charge is -2.06. The van der Waals surface area contributed by atoms with Gasteiger partial charge in [-0.15, -0.1) is 0 Å². The van der Waals surface area contributed by atoms with E-state index in [0.717, 1.165) is 11.1 Å². The number of esters is 2. The van der Waals surface area contributed by atoms with Crippen LogP contribution in [0, 0.1) is 0 Å². The van der Waals surface area contributed by atoms with Gasteiger partial charge in [-0.1, -0.05) is 60.7 Å². The lowest BCUT2D eigenvalue weighted by molar-refractivity contribution is -0.127. The predicted molar refractivity (Wildman–Crippen MR) is 136 cm³/mol. The minimum Gasteiger partial charge on any atom is -0.422 e. The van der Waals surface area contributed by atoms with E-state index in [0.29, 0.717) is 44.9 Å². The number of carbonyl (C=O) groups excluding carboxylic acids is 3. The molecule has 0 aromatic heterocycles. The van der Waals surface area contributed by atoms with E-state index in [1.54, 1.807) is 48.6 Å². The minimum atomic E-state index is -0.456.